The van der Waals surface area contributed by atoms with Crippen LogP contribution in [0.1, 0.15) is 97.6 Å². The minimum atomic E-state index is -0.299. The predicted octanol–water partition coefficient (Wildman–Crippen LogP) is 16.3. The summed E-state index contributed by atoms with van der Waals surface area (Å²) < 4.78 is 0. The lowest BCUT2D eigenvalue weighted by atomic mass is 9.11. The van der Waals surface area contributed by atoms with E-state index in [4.69, 9.17) is 0 Å². The molecule has 5 unspecified atom stereocenters. The largest absolute Gasteiger partial charge is 0.310 e. The lowest BCUT2D eigenvalue weighted by Gasteiger charge is -2.92. The Morgan fingerprint density at radius 3 is 1.77 bits per heavy atom. The molecule has 0 N–H and O–H groups in total. The zero-order valence-electron chi connectivity index (χ0n) is 36.7. The summed E-state index contributed by atoms with van der Waals surface area (Å²) in [6.45, 7) is 2.46. The number of fused-ring (bicyclic) bond motifs is 11. The Labute approximate surface area is 377 Å². The van der Waals surface area contributed by atoms with Crippen LogP contribution in [0.25, 0.3) is 44.2 Å². The molecule has 0 saturated heterocycles. The Bertz CT molecular complexity index is 3230. The van der Waals surface area contributed by atoms with Crippen LogP contribution in [0.4, 0.5) is 17.1 Å². The highest BCUT2D eigenvalue weighted by molar-refractivity contribution is 6.04. The van der Waals surface area contributed by atoms with Crippen LogP contribution in [0.3, 0.4) is 0 Å². The van der Waals surface area contributed by atoms with Gasteiger partial charge in [0.1, 0.15) is 0 Å². The van der Waals surface area contributed by atoms with Crippen LogP contribution in [-0.4, -0.2) is 0 Å². The summed E-state index contributed by atoms with van der Waals surface area (Å²) in [5.74, 6) is 4.11. The smallest absolute Gasteiger partial charge is 0.0540 e. The van der Waals surface area contributed by atoms with Crippen molar-refractivity contribution in [1.29, 1.82) is 0 Å². The van der Waals surface area contributed by atoms with Gasteiger partial charge in [-0.05, 0) is 176 Å². The summed E-state index contributed by atoms with van der Waals surface area (Å²) in [6.07, 6.45) is 10.9. The fraction of sp³-hybridized carbons (Fsp3) is 0.270. The third-order valence-electron chi connectivity index (χ3n) is 19.0. The van der Waals surface area contributed by atoms with E-state index in [0.29, 0.717) is 11.3 Å². The van der Waals surface area contributed by atoms with Gasteiger partial charge in [-0.2, -0.15) is 0 Å². The van der Waals surface area contributed by atoms with E-state index < -0.39 is 0 Å². The monoisotopic (exact) mass is 823 g/mol. The maximum Gasteiger partial charge on any atom is 0.0540 e. The van der Waals surface area contributed by atoms with Gasteiger partial charge in [-0.25, -0.2) is 0 Å². The van der Waals surface area contributed by atoms with Crippen LogP contribution in [0.15, 0.2) is 176 Å². The van der Waals surface area contributed by atoms with E-state index in [1.807, 2.05) is 0 Å². The average Bonchev–Trinajstić information content (AvgIpc) is 3.77. The second-order valence-electron chi connectivity index (χ2n) is 21.1. The van der Waals surface area contributed by atoms with Gasteiger partial charge in [-0.3, -0.25) is 0 Å². The molecule has 0 heterocycles. The number of anilines is 3. The lowest BCUT2D eigenvalue weighted by Crippen LogP contribution is -2.88. The summed E-state index contributed by atoms with van der Waals surface area (Å²) in [4.78, 5) is 2.66. The van der Waals surface area contributed by atoms with Crippen molar-refractivity contribution in [3.05, 3.63) is 209 Å². The van der Waals surface area contributed by atoms with Gasteiger partial charge < -0.3 is 4.90 Å². The van der Waals surface area contributed by atoms with Crippen molar-refractivity contribution >= 4 is 27.8 Å². The highest BCUT2D eigenvalue weighted by Crippen LogP contribution is 2.95. The number of hydrogen-bond donors (Lipinski definition) is 0. The van der Waals surface area contributed by atoms with Crippen molar-refractivity contribution in [2.45, 2.75) is 75.0 Å². The minimum absolute atomic E-state index is 0.135. The average molecular weight is 824 g/mol. The summed E-state index contributed by atoms with van der Waals surface area (Å²) in [6, 6.07) is 68.5. The molecular formula is C63H53N. The molecule has 8 aromatic carbocycles. The number of benzene rings is 8. The fourth-order valence-electron chi connectivity index (χ4n) is 16.5. The number of rotatable bonds is 6. The molecule has 0 amide bonds. The molecule has 7 aliphatic rings. The molecule has 5 saturated carbocycles. The van der Waals surface area contributed by atoms with E-state index >= 15 is 0 Å². The van der Waals surface area contributed by atoms with E-state index in [1.54, 1.807) is 11.1 Å². The van der Waals surface area contributed by atoms with Gasteiger partial charge in [0.15, 0.2) is 0 Å². The molecule has 0 aromatic heterocycles. The third-order valence-corrected chi connectivity index (χ3v) is 19.0. The Balaban J connectivity index is 0.974. The molecule has 0 aliphatic heterocycles. The van der Waals surface area contributed by atoms with Crippen molar-refractivity contribution in [3.8, 4) is 33.4 Å². The molecule has 5 fully saturated rings. The van der Waals surface area contributed by atoms with Crippen molar-refractivity contribution in [2.24, 2.45) is 29.1 Å². The Hall–Kier alpha value is -6.18. The van der Waals surface area contributed by atoms with E-state index in [9.17, 15) is 0 Å². The third kappa shape index (κ3) is 4.24. The molecule has 7 aliphatic carbocycles. The quantitative estimate of drug-likeness (QED) is 0.161. The van der Waals surface area contributed by atoms with Crippen LogP contribution in [0.5, 0.6) is 0 Å². The van der Waals surface area contributed by atoms with Crippen LogP contribution in [0, 0.1) is 29.1 Å². The van der Waals surface area contributed by atoms with Gasteiger partial charge >= 0.3 is 0 Å². The Morgan fingerprint density at radius 2 is 1.03 bits per heavy atom. The Kier molecular flexibility index (Phi) is 7.21. The summed E-state index contributed by atoms with van der Waals surface area (Å²) in [7, 11) is 0. The van der Waals surface area contributed by atoms with Gasteiger partial charge in [0.2, 0.25) is 0 Å². The fourth-order valence-corrected chi connectivity index (χ4v) is 16.5. The van der Waals surface area contributed by atoms with Crippen molar-refractivity contribution in [1.82, 2.24) is 0 Å². The molecule has 310 valence electrons. The molecule has 1 heteroatoms. The zero-order chi connectivity index (χ0) is 41.9. The zero-order valence-corrected chi connectivity index (χ0v) is 36.7. The number of hydrogen-bond acceptors (Lipinski definition) is 1. The summed E-state index contributed by atoms with van der Waals surface area (Å²) in [5.41, 5.74) is 21.3. The van der Waals surface area contributed by atoms with Gasteiger partial charge in [0, 0.05) is 27.8 Å². The Morgan fingerprint density at radius 1 is 0.453 bits per heavy atom. The molecule has 0 bridgehead atoms. The van der Waals surface area contributed by atoms with Gasteiger partial charge in [0.05, 0.1) is 5.69 Å². The molecule has 0 radical (unpaired) electrons. The van der Waals surface area contributed by atoms with Gasteiger partial charge in [0.25, 0.3) is 0 Å². The van der Waals surface area contributed by atoms with E-state index in [1.165, 1.54) is 135 Å². The molecule has 8 aromatic rings. The summed E-state index contributed by atoms with van der Waals surface area (Å²) >= 11 is 0. The van der Waals surface area contributed by atoms with Crippen LogP contribution in [-0.2, 0) is 10.8 Å². The maximum atomic E-state index is 2.69. The van der Waals surface area contributed by atoms with Crippen molar-refractivity contribution in [2.75, 3.05) is 4.90 Å². The maximum absolute atomic E-state index is 2.69. The topological polar surface area (TPSA) is 3.24 Å². The van der Waals surface area contributed by atoms with E-state index in [0.717, 1.165) is 23.7 Å². The van der Waals surface area contributed by atoms with Crippen molar-refractivity contribution in [3.63, 3.8) is 0 Å². The summed E-state index contributed by atoms with van der Waals surface area (Å²) in [5, 5.41) is 2.79. The molecule has 64 heavy (non-hydrogen) atoms. The first-order valence-corrected chi connectivity index (χ1v) is 24.6. The standard InChI is InChI=1S/C63H53N/c1-61(41-20-6-3-7-21-41)53-27-11-8-22-47(53)49-32-30-44(37-55(49)61)64(57-29-13-10-24-51(57)52-26-15-19-40-18-14-25-46(60(40)52)39-16-4-2-5-17-39)45-31-33-50-48-23-9-12-28-54(48)63(56(50)38-45)58-35-42-34-43-36-59(63)62(42,43)58/h3,6-15,18-33,37-39,42-43,58-59H,2,4-5,16-17,34-36H2,1H3. The highest BCUT2D eigenvalue weighted by atomic mass is 15.1. The molecular weight excluding hydrogens is 771 g/mol. The van der Waals surface area contributed by atoms with Crippen LogP contribution in [0.2, 0.25) is 0 Å². The van der Waals surface area contributed by atoms with Gasteiger partial charge in [-0.1, -0.05) is 165 Å². The molecule has 15 rings (SSSR count). The van der Waals surface area contributed by atoms with Crippen LogP contribution >= 0.6 is 0 Å². The second-order valence-corrected chi connectivity index (χ2v) is 21.1. The lowest BCUT2D eigenvalue weighted by molar-refractivity contribution is -0.412. The van der Waals surface area contributed by atoms with Crippen molar-refractivity contribution < 1.29 is 0 Å². The number of nitrogens with zero attached hydrogens (tertiary/aromatic N) is 1. The SMILES string of the molecule is CC1(c2ccccc2)c2ccccc2-c2ccc(N(c3ccc4c(c3)C3(c5ccccc5-4)C4CC5CC6CC3C564)c3ccccc3-c3cccc4cccc(C5CCCCC5)c34)cc21. The van der Waals surface area contributed by atoms with E-state index in [-0.39, 0.29) is 10.8 Å². The first-order chi connectivity index (χ1) is 31.6. The normalized spacial score (nSPS) is 28.3. The highest BCUT2D eigenvalue weighted by Gasteiger charge is 2.90. The number of para-hydroxylation sites is 1. The predicted molar refractivity (Wildman–Crippen MR) is 264 cm³/mol. The first-order valence-electron chi connectivity index (χ1n) is 24.6. The van der Waals surface area contributed by atoms with E-state index in [2.05, 4.69) is 188 Å². The molecule has 2 spiro atoms. The minimum Gasteiger partial charge on any atom is -0.310 e. The second kappa shape index (κ2) is 12.8. The first kappa shape index (κ1) is 36.2. The van der Waals surface area contributed by atoms with Crippen LogP contribution < -0.4 is 4.90 Å². The molecule has 5 atom stereocenters. The molecule has 1 nitrogen and oxygen atoms in total. The van der Waals surface area contributed by atoms with Gasteiger partial charge in [-0.15, -0.1) is 0 Å².